The molecule has 4 heteroatoms. The standard InChI is InChI=1S/C18H24N2O2/c1-13-8-10-14(11-9-13)17-16(12-22-21-2)19-18(20-17)15-6-4-3-5-7-15/h8-11,15H,3-7,12H2,1-2H3,(H,19,20). The van der Waals surface area contributed by atoms with Gasteiger partial charge in [-0.25, -0.2) is 14.8 Å². The highest BCUT2D eigenvalue weighted by Crippen LogP contribution is 2.33. The van der Waals surface area contributed by atoms with Crippen LogP contribution in [-0.4, -0.2) is 17.1 Å². The lowest BCUT2D eigenvalue weighted by Crippen LogP contribution is -2.06. The van der Waals surface area contributed by atoms with Crippen LogP contribution in [-0.2, 0) is 16.4 Å². The van der Waals surface area contributed by atoms with Crippen LogP contribution < -0.4 is 0 Å². The molecule has 0 bridgehead atoms. The lowest BCUT2D eigenvalue weighted by Gasteiger charge is -2.19. The summed E-state index contributed by atoms with van der Waals surface area (Å²) in [6, 6.07) is 8.47. The molecule has 1 saturated carbocycles. The molecule has 22 heavy (non-hydrogen) atoms. The number of hydrogen-bond acceptors (Lipinski definition) is 3. The van der Waals surface area contributed by atoms with Gasteiger partial charge in [-0.2, -0.15) is 0 Å². The molecule has 4 nitrogen and oxygen atoms in total. The molecule has 0 amide bonds. The second kappa shape index (κ2) is 7.07. The smallest absolute Gasteiger partial charge is 0.124 e. The molecule has 0 spiro atoms. The van der Waals surface area contributed by atoms with E-state index >= 15 is 0 Å². The number of aromatic amines is 1. The number of benzene rings is 1. The fraction of sp³-hybridized carbons (Fsp3) is 0.500. The molecule has 1 fully saturated rings. The summed E-state index contributed by atoms with van der Waals surface area (Å²) in [4.78, 5) is 18.3. The molecule has 0 radical (unpaired) electrons. The summed E-state index contributed by atoms with van der Waals surface area (Å²) in [7, 11) is 1.53. The van der Waals surface area contributed by atoms with Gasteiger partial charge in [0.25, 0.3) is 0 Å². The van der Waals surface area contributed by atoms with Gasteiger partial charge in [0.05, 0.1) is 18.5 Å². The Morgan fingerprint density at radius 3 is 2.55 bits per heavy atom. The minimum Gasteiger partial charge on any atom is -0.343 e. The van der Waals surface area contributed by atoms with Crippen molar-refractivity contribution in [3.8, 4) is 11.3 Å². The Balaban J connectivity index is 1.91. The van der Waals surface area contributed by atoms with Gasteiger partial charge in [0.2, 0.25) is 0 Å². The Kier molecular flexibility index (Phi) is 4.90. The van der Waals surface area contributed by atoms with Crippen molar-refractivity contribution in [3.05, 3.63) is 41.3 Å². The largest absolute Gasteiger partial charge is 0.343 e. The summed E-state index contributed by atoms with van der Waals surface area (Å²) in [6.07, 6.45) is 6.41. The molecule has 1 heterocycles. The van der Waals surface area contributed by atoms with E-state index in [-0.39, 0.29) is 0 Å². The van der Waals surface area contributed by atoms with Crippen molar-refractivity contribution < 1.29 is 9.78 Å². The summed E-state index contributed by atoms with van der Waals surface area (Å²) >= 11 is 0. The Hall–Kier alpha value is -1.65. The van der Waals surface area contributed by atoms with Crippen LogP contribution in [0.1, 0.15) is 55.1 Å². The van der Waals surface area contributed by atoms with E-state index in [0.717, 1.165) is 22.8 Å². The number of aromatic nitrogens is 2. The van der Waals surface area contributed by atoms with Crippen LogP contribution in [0, 0.1) is 6.92 Å². The molecule has 1 aromatic carbocycles. The lowest BCUT2D eigenvalue weighted by atomic mass is 9.89. The van der Waals surface area contributed by atoms with Crippen molar-refractivity contribution in [1.29, 1.82) is 0 Å². The van der Waals surface area contributed by atoms with Gasteiger partial charge < -0.3 is 4.98 Å². The fourth-order valence-electron chi connectivity index (χ4n) is 3.17. The summed E-state index contributed by atoms with van der Waals surface area (Å²) in [5.74, 6) is 1.65. The van der Waals surface area contributed by atoms with Gasteiger partial charge in [-0.15, -0.1) is 0 Å². The maximum atomic E-state index is 5.13. The first-order chi connectivity index (χ1) is 10.8. The molecule has 118 valence electrons. The first kappa shape index (κ1) is 15.3. The predicted octanol–water partition coefficient (Wildman–Crippen LogP) is 4.51. The first-order valence-electron chi connectivity index (χ1n) is 8.09. The molecule has 1 aliphatic carbocycles. The second-order valence-corrected chi connectivity index (χ2v) is 6.08. The summed E-state index contributed by atoms with van der Waals surface area (Å²) in [5.41, 5.74) is 4.35. The fourth-order valence-corrected chi connectivity index (χ4v) is 3.17. The summed E-state index contributed by atoms with van der Waals surface area (Å²) in [5, 5.41) is 0. The molecule has 0 aliphatic heterocycles. The summed E-state index contributed by atoms with van der Waals surface area (Å²) in [6.45, 7) is 2.48. The molecular weight excluding hydrogens is 276 g/mol. The Bertz CT molecular complexity index is 598. The zero-order valence-corrected chi connectivity index (χ0v) is 13.4. The van der Waals surface area contributed by atoms with E-state index < -0.39 is 0 Å². The van der Waals surface area contributed by atoms with Crippen LogP contribution >= 0.6 is 0 Å². The van der Waals surface area contributed by atoms with E-state index in [9.17, 15) is 0 Å². The van der Waals surface area contributed by atoms with Crippen molar-refractivity contribution in [3.63, 3.8) is 0 Å². The third-order valence-corrected chi connectivity index (χ3v) is 4.44. The van der Waals surface area contributed by atoms with E-state index in [1.807, 2.05) is 0 Å². The molecule has 3 rings (SSSR count). The number of H-pyrrole nitrogens is 1. The number of hydrogen-bond donors (Lipinski definition) is 1. The number of imidazole rings is 1. The molecule has 1 aliphatic rings. The van der Waals surface area contributed by atoms with Gasteiger partial charge >= 0.3 is 0 Å². The van der Waals surface area contributed by atoms with E-state index in [4.69, 9.17) is 14.8 Å². The van der Waals surface area contributed by atoms with Crippen LogP contribution in [0.4, 0.5) is 0 Å². The maximum Gasteiger partial charge on any atom is 0.124 e. The maximum absolute atomic E-state index is 5.13. The third-order valence-electron chi connectivity index (χ3n) is 4.44. The van der Waals surface area contributed by atoms with Crippen molar-refractivity contribution in [2.75, 3.05) is 7.11 Å². The lowest BCUT2D eigenvalue weighted by molar-refractivity contribution is -0.282. The highest BCUT2D eigenvalue weighted by molar-refractivity contribution is 5.62. The first-order valence-corrected chi connectivity index (χ1v) is 8.09. The third kappa shape index (κ3) is 3.39. The minimum atomic E-state index is 0.388. The zero-order chi connectivity index (χ0) is 15.4. The Morgan fingerprint density at radius 1 is 1.14 bits per heavy atom. The van der Waals surface area contributed by atoms with Crippen LogP contribution in [0.2, 0.25) is 0 Å². The Morgan fingerprint density at radius 2 is 1.86 bits per heavy atom. The Labute approximate surface area is 131 Å². The van der Waals surface area contributed by atoms with Crippen molar-refractivity contribution >= 4 is 0 Å². The number of nitrogens with zero attached hydrogens (tertiary/aromatic N) is 1. The number of nitrogens with one attached hydrogen (secondary N) is 1. The molecule has 1 N–H and O–H groups in total. The van der Waals surface area contributed by atoms with Gasteiger partial charge in [-0.1, -0.05) is 49.1 Å². The van der Waals surface area contributed by atoms with E-state index in [1.165, 1.54) is 44.8 Å². The van der Waals surface area contributed by atoms with E-state index in [1.54, 1.807) is 0 Å². The van der Waals surface area contributed by atoms with Gasteiger partial charge in [0.15, 0.2) is 0 Å². The monoisotopic (exact) mass is 300 g/mol. The molecular formula is C18H24N2O2. The summed E-state index contributed by atoms with van der Waals surface area (Å²) < 4.78 is 0. The van der Waals surface area contributed by atoms with E-state index in [2.05, 4.69) is 36.2 Å². The molecule has 2 aromatic rings. The van der Waals surface area contributed by atoms with Crippen molar-refractivity contribution in [1.82, 2.24) is 9.97 Å². The molecule has 0 saturated heterocycles. The quantitative estimate of drug-likeness (QED) is 0.652. The van der Waals surface area contributed by atoms with Crippen LogP contribution in [0.5, 0.6) is 0 Å². The van der Waals surface area contributed by atoms with Crippen LogP contribution in [0.15, 0.2) is 24.3 Å². The SMILES string of the molecule is COOCc1[nH]c(C2CCCCC2)nc1-c1ccc(C)cc1. The second-order valence-electron chi connectivity index (χ2n) is 6.08. The molecule has 0 unspecified atom stereocenters. The van der Waals surface area contributed by atoms with E-state index in [0.29, 0.717) is 12.5 Å². The topological polar surface area (TPSA) is 47.1 Å². The van der Waals surface area contributed by atoms with Gasteiger partial charge in [0.1, 0.15) is 12.4 Å². The highest BCUT2D eigenvalue weighted by atomic mass is 17.2. The van der Waals surface area contributed by atoms with Gasteiger partial charge in [-0.05, 0) is 19.8 Å². The molecule has 0 atom stereocenters. The van der Waals surface area contributed by atoms with Gasteiger partial charge in [0, 0.05) is 11.5 Å². The molecule has 1 aromatic heterocycles. The normalized spacial score (nSPS) is 16.1. The van der Waals surface area contributed by atoms with Crippen LogP contribution in [0.3, 0.4) is 0 Å². The van der Waals surface area contributed by atoms with Gasteiger partial charge in [-0.3, -0.25) is 0 Å². The van der Waals surface area contributed by atoms with Crippen LogP contribution in [0.25, 0.3) is 11.3 Å². The number of aryl methyl sites for hydroxylation is 1. The van der Waals surface area contributed by atoms with Crippen molar-refractivity contribution in [2.45, 2.75) is 51.6 Å². The average molecular weight is 300 g/mol. The highest BCUT2D eigenvalue weighted by Gasteiger charge is 2.21. The number of rotatable bonds is 5. The minimum absolute atomic E-state index is 0.388. The predicted molar refractivity (Wildman–Crippen MR) is 86.4 cm³/mol. The average Bonchev–Trinajstić information content (AvgIpc) is 2.98. The zero-order valence-electron chi connectivity index (χ0n) is 13.4. The van der Waals surface area contributed by atoms with Crippen molar-refractivity contribution in [2.24, 2.45) is 0 Å².